The van der Waals surface area contributed by atoms with Crippen molar-refractivity contribution >= 4 is 5.97 Å². The highest BCUT2D eigenvalue weighted by atomic mass is 16.7. The summed E-state index contributed by atoms with van der Waals surface area (Å²) in [6, 6.07) is 0. The van der Waals surface area contributed by atoms with Gasteiger partial charge in [0.1, 0.15) is 0 Å². The molecule has 0 aliphatic heterocycles. The first-order valence-corrected chi connectivity index (χ1v) is 8.90. The molecule has 0 aromatic heterocycles. The van der Waals surface area contributed by atoms with E-state index in [0.717, 1.165) is 35.5 Å². The second-order valence-corrected chi connectivity index (χ2v) is 8.22. The molecule has 118 valence electrons. The summed E-state index contributed by atoms with van der Waals surface area (Å²) >= 11 is 0. The molecule has 0 N–H and O–H groups in total. The van der Waals surface area contributed by atoms with Crippen LogP contribution in [0.25, 0.3) is 0 Å². The summed E-state index contributed by atoms with van der Waals surface area (Å²) in [5, 5.41) is 0. The Balaban J connectivity index is 1.37. The van der Waals surface area contributed by atoms with Gasteiger partial charge in [0, 0.05) is 0 Å². The molecule has 4 rings (SSSR count). The Morgan fingerprint density at radius 2 is 1.67 bits per heavy atom. The maximum absolute atomic E-state index is 11.7. The maximum atomic E-state index is 11.7. The lowest BCUT2D eigenvalue weighted by Gasteiger charge is -2.39. The van der Waals surface area contributed by atoms with Gasteiger partial charge in [0.25, 0.3) is 0 Å². The van der Waals surface area contributed by atoms with Crippen LogP contribution in [-0.4, -0.2) is 18.4 Å². The van der Waals surface area contributed by atoms with Crippen molar-refractivity contribution in [3.8, 4) is 0 Å². The molecule has 8 unspecified atom stereocenters. The smallest absolute Gasteiger partial charge is 0.310 e. The van der Waals surface area contributed by atoms with Crippen LogP contribution in [0.1, 0.15) is 52.9 Å². The predicted octanol–water partition coefficient (Wildman–Crippen LogP) is 3.62. The highest BCUT2D eigenvalue weighted by molar-refractivity contribution is 5.71. The minimum atomic E-state index is -0.388. The van der Waals surface area contributed by atoms with Crippen molar-refractivity contribution in [3.63, 3.8) is 0 Å². The van der Waals surface area contributed by atoms with Gasteiger partial charge < -0.3 is 9.47 Å². The fourth-order valence-electron chi connectivity index (χ4n) is 6.23. The van der Waals surface area contributed by atoms with Crippen molar-refractivity contribution in [2.45, 2.75) is 65.3 Å². The monoisotopic (exact) mass is 292 g/mol. The van der Waals surface area contributed by atoms with E-state index in [4.69, 9.17) is 9.47 Å². The molecule has 4 bridgehead atoms. The molecular formula is C18H28O3. The SMILES string of the molecule is CC(OC(=O)C(C)C)OC1CC2CC1C1C3CCC(C3)C21. The molecule has 3 nitrogen and oxygen atoms in total. The zero-order valence-corrected chi connectivity index (χ0v) is 13.5. The molecular weight excluding hydrogens is 264 g/mol. The van der Waals surface area contributed by atoms with Gasteiger partial charge in [0.15, 0.2) is 6.29 Å². The number of fused-ring (bicyclic) bond motifs is 9. The topological polar surface area (TPSA) is 35.5 Å². The third-order valence-corrected chi connectivity index (χ3v) is 6.79. The third-order valence-electron chi connectivity index (χ3n) is 6.79. The van der Waals surface area contributed by atoms with Gasteiger partial charge in [-0.3, -0.25) is 4.79 Å². The van der Waals surface area contributed by atoms with Crippen molar-refractivity contribution in [2.24, 2.45) is 41.4 Å². The number of rotatable bonds is 4. The lowest BCUT2D eigenvalue weighted by Crippen LogP contribution is -2.38. The normalized spacial score (nSPS) is 47.9. The highest BCUT2D eigenvalue weighted by Crippen LogP contribution is 2.67. The van der Waals surface area contributed by atoms with Gasteiger partial charge in [-0.15, -0.1) is 0 Å². The first-order chi connectivity index (χ1) is 10.0. The Morgan fingerprint density at radius 1 is 0.952 bits per heavy atom. The summed E-state index contributed by atoms with van der Waals surface area (Å²) in [5.41, 5.74) is 0. The summed E-state index contributed by atoms with van der Waals surface area (Å²) < 4.78 is 11.5. The first-order valence-electron chi connectivity index (χ1n) is 8.90. The Bertz CT molecular complexity index is 432. The van der Waals surface area contributed by atoms with Gasteiger partial charge in [-0.05, 0) is 74.5 Å². The van der Waals surface area contributed by atoms with Crippen LogP contribution in [0.15, 0.2) is 0 Å². The average molecular weight is 292 g/mol. The van der Waals surface area contributed by atoms with E-state index in [1.165, 1.54) is 32.1 Å². The van der Waals surface area contributed by atoms with Gasteiger partial charge >= 0.3 is 5.97 Å². The van der Waals surface area contributed by atoms with Crippen molar-refractivity contribution in [3.05, 3.63) is 0 Å². The minimum Gasteiger partial charge on any atom is -0.436 e. The van der Waals surface area contributed by atoms with Crippen LogP contribution in [0.4, 0.5) is 0 Å². The molecule has 3 heteroatoms. The van der Waals surface area contributed by atoms with E-state index in [9.17, 15) is 4.79 Å². The van der Waals surface area contributed by atoms with Crippen LogP contribution in [0.2, 0.25) is 0 Å². The summed E-state index contributed by atoms with van der Waals surface area (Å²) in [6.07, 6.45) is 6.97. The Morgan fingerprint density at radius 3 is 2.38 bits per heavy atom. The lowest BCUT2D eigenvalue weighted by atomic mass is 9.70. The molecule has 21 heavy (non-hydrogen) atoms. The highest BCUT2D eigenvalue weighted by Gasteiger charge is 2.62. The summed E-state index contributed by atoms with van der Waals surface area (Å²) in [5.74, 6) is 5.38. The summed E-state index contributed by atoms with van der Waals surface area (Å²) in [7, 11) is 0. The first kappa shape index (κ1) is 14.0. The van der Waals surface area contributed by atoms with Crippen LogP contribution >= 0.6 is 0 Å². The van der Waals surface area contributed by atoms with E-state index in [-0.39, 0.29) is 18.2 Å². The Labute approximate surface area is 127 Å². The van der Waals surface area contributed by atoms with E-state index < -0.39 is 0 Å². The van der Waals surface area contributed by atoms with E-state index in [1.54, 1.807) is 0 Å². The quantitative estimate of drug-likeness (QED) is 0.451. The van der Waals surface area contributed by atoms with Gasteiger partial charge in [-0.25, -0.2) is 0 Å². The molecule has 4 fully saturated rings. The molecule has 0 amide bonds. The van der Waals surface area contributed by atoms with Crippen LogP contribution in [0, 0.1) is 41.4 Å². The number of hydrogen-bond donors (Lipinski definition) is 0. The zero-order valence-electron chi connectivity index (χ0n) is 13.5. The van der Waals surface area contributed by atoms with Crippen molar-refractivity contribution < 1.29 is 14.3 Å². The number of hydrogen-bond acceptors (Lipinski definition) is 3. The molecule has 8 atom stereocenters. The molecule has 4 saturated carbocycles. The van der Waals surface area contributed by atoms with E-state index in [2.05, 4.69) is 0 Å². The van der Waals surface area contributed by atoms with Crippen LogP contribution < -0.4 is 0 Å². The largest absolute Gasteiger partial charge is 0.436 e. The number of ether oxygens (including phenoxy) is 2. The van der Waals surface area contributed by atoms with E-state index in [1.807, 2.05) is 20.8 Å². The average Bonchev–Trinajstić information content (AvgIpc) is 3.16. The van der Waals surface area contributed by atoms with Gasteiger partial charge in [0.2, 0.25) is 0 Å². The fourth-order valence-corrected chi connectivity index (χ4v) is 6.23. The number of carbonyl (C=O) groups is 1. The number of carbonyl (C=O) groups excluding carboxylic acids is 1. The van der Waals surface area contributed by atoms with Crippen molar-refractivity contribution in [2.75, 3.05) is 0 Å². The minimum absolute atomic E-state index is 0.0778. The van der Waals surface area contributed by atoms with Gasteiger partial charge in [-0.1, -0.05) is 13.8 Å². The van der Waals surface area contributed by atoms with Crippen molar-refractivity contribution in [1.82, 2.24) is 0 Å². The predicted molar refractivity (Wildman–Crippen MR) is 79.3 cm³/mol. The Kier molecular flexibility index (Phi) is 3.33. The molecule has 4 aliphatic rings. The molecule has 0 saturated heterocycles. The molecule has 0 heterocycles. The standard InChI is InChI=1S/C18H28O3/c1-9(2)18(19)21-10(3)20-15-8-13-7-14(15)17-12-5-4-11(6-12)16(13)17/h9-17H,4-8H2,1-3H3. The molecule has 4 aliphatic carbocycles. The van der Waals surface area contributed by atoms with Gasteiger partial charge in [0.05, 0.1) is 12.0 Å². The van der Waals surface area contributed by atoms with E-state index >= 15 is 0 Å². The third kappa shape index (κ3) is 2.15. The second-order valence-electron chi connectivity index (χ2n) is 8.22. The molecule has 0 radical (unpaired) electrons. The molecule has 0 aromatic rings. The van der Waals surface area contributed by atoms with Crippen LogP contribution in [0.3, 0.4) is 0 Å². The Hall–Kier alpha value is -0.570. The zero-order chi connectivity index (χ0) is 14.7. The maximum Gasteiger partial charge on any atom is 0.310 e. The summed E-state index contributed by atoms with van der Waals surface area (Å²) in [6.45, 7) is 5.61. The number of esters is 1. The van der Waals surface area contributed by atoms with Gasteiger partial charge in [-0.2, -0.15) is 0 Å². The van der Waals surface area contributed by atoms with Crippen molar-refractivity contribution in [1.29, 1.82) is 0 Å². The fraction of sp³-hybridized carbons (Fsp3) is 0.944. The van der Waals surface area contributed by atoms with Crippen LogP contribution in [-0.2, 0) is 14.3 Å². The molecule has 0 aromatic carbocycles. The second kappa shape index (κ2) is 4.97. The van der Waals surface area contributed by atoms with Crippen LogP contribution in [0.5, 0.6) is 0 Å². The van der Waals surface area contributed by atoms with E-state index in [0.29, 0.717) is 6.10 Å². The summed E-state index contributed by atoms with van der Waals surface area (Å²) in [4.78, 5) is 11.7. The lowest BCUT2D eigenvalue weighted by molar-refractivity contribution is -0.196. The molecule has 0 spiro atoms.